The summed E-state index contributed by atoms with van der Waals surface area (Å²) in [5.41, 5.74) is 10.7. The lowest BCUT2D eigenvalue weighted by Crippen LogP contribution is -2.55. The van der Waals surface area contributed by atoms with E-state index in [4.69, 9.17) is 29.8 Å². The van der Waals surface area contributed by atoms with Gasteiger partial charge in [-0.1, -0.05) is 0 Å². The molecule has 0 bridgehead atoms. The number of rotatable bonds is 9. The van der Waals surface area contributed by atoms with Gasteiger partial charge in [-0.3, -0.25) is 9.79 Å². The van der Waals surface area contributed by atoms with Crippen molar-refractivity contribution in [2.75, 3.05) is 47.1 Å². The molecular formula is C29H35N5O5S. The highest BCUT2D eigenvalue weighted by Gasteiger charge is 2.39. The van der Waals surface area contributed by atoms with Crippen molar-refractivity contribution >= 4 is 29.0 Å². The third kappa shape index (κ3) is 5.24. The van der Waals surface area contributed by atoms with Crippen molar-refractivity contribution in [3.63, 3.8) is 0 Å². The van der Waals surface area contributed by atoms with Gasteiger partial charge >= 0.3 is 0 Å². The van der Waals surface area contributed by atoms with Crippen molar-refractivity contribution in [1.82, 2.24) is 14.7 Å². The molecule has 0 unspecified atom stereocenters. The molecule has 1 saturated heterocycles. The summed E-state index contributed by atoms with van der Waals surface area (Å²) in [5.74, 6) is 1.11. The van der Waals surface area contributed by atoms with Crippen LogP contribution in [0.4, 0.5) is 0 Å². The number of morpholine rings is 1. The lowest BCUT2D eigenvalue weighted by molar-refractivity contribution is -0.0374. The number of nitrogens with two attached hydrogens (primary N) is 1. The Labute approximate surface area is 238 Å². The van der Waals surface area contributed by atoms with E-state index >= 15 is 0 Å². The summed E-state index contributed by atoms with van der Waals surface area (Å²) < 4.78 is 24.6. The van der Waals surface area contributed by atoms with Gasteiger partial charge < -0.3 is 29.6 Å². The van der Waals surface area contributed by atoms with Crippen molar-refractivity contribution in [2.45, 2.75) is 32.4 Å². The summed E-state index contributed by atoms with van der Waals surface area (Å²) in [6.07, 6.45) is 4.07. The average Bonchev–Trinajstić information content (AvgIpc) is 3.62. The number of aliphatic imine (C=N–C) groups is 1. The smallest absolute Gasteiger partial charge is 0.275 e. The number of hydrogen-bond acceptors (Lipinski definition) is 9. The monoisotopic (exact) mass is 565 g/mol. The number of amides is 1. The lowest BCUT2D eigenvalue weighted by Gasteiger charge is -2.41. The lowest BCUT2D eigenvalue weighted by atomic mass is 9.95. The third-order valence-corrected chi connectivity index (χ3v) is 7.78. The molecule has 212 valence electrons. The molecule has 0 saturated carbocycles. The van der Waals surface area contributed by atoms with E-state index in [0.717, 1.165) is 34.5 Å². The summed E-state index contributed by atoms with van der Waals surface area (Å²) in [7, 11) is 3.28. The minimum Gasteiger partial charge on any atom is -0.496 e. The average molecular weight is 566 g/mol. The molecule has 0 radical (unpaired) electrons. The zero-order chi connectivity index (χ0) is 28.3. The van der Waals surface area contributed by atoms with Gasteiger partial charge in [-0.2, -0.15) is 16.4 Å². The topological polar surface area (TPSA) is 113 Å². The van der Waals surface area contributed by atoms with Crippen LogP contribution in [0.1, 0.15) is 41.9 Å². The van der Waals surface area contributed by atoms with E-state index in [2.05, 4.69) is 4.99 Å². The van der Waals surface area contributed by atoms with Crippen molar-refractivity contribution < 1.29 is 23.7 Å². The molecule has 1 amide bonds. The number of aromatic nitrogens is 2. The fourth-order valence-corrected chi connectivity index (χ4v) is 5.65. The second-order valence-electron chi connectivity index (χ2n) is 10.2. The van der Waals surface area contributed by atoms with Crippen molar-refractivity contribution in [3.05, 3.63) is 52.0 Å². The number of methoxy groups -OCH3 is 2. The number of allylic oxidation sites excluding steroid dienone is 1. The molecule has 2 aliphatic heterocycles. The number of hydrogen-bond donors (Lipinski definition) is 1. The molecule has 1 fully saturated rings. The maximum Gasteiger partial charge on any atom is 0.275 e. The van der Waals surface area contributed by atoms with Crippen molar-refractivity contribution in [3.8, 4) is 28.4 Å². The van der Waals surface area contributed by atoms with E-state index in [1.54, 1.807) is 31.8 Å². The standard InChI is InChI=1S/C29H35N5O5S/c1-29(2)18-38-10-8-33(29)28(35)26-23-16-39-25-13-24(37-4)21(19(14-30)15-31-7-5-9-36-3)12-22(25)27(23)34(32-26)20-6-11-40-17-20/h6,11-15,17H,5,7-10,16,18,30H2,1-4H3. The van der Waals surface area contributed by atoms with Crippen LogP contribution >= 0.6 is 11.3 Å². The fraction of sp³-hybridized carbons (Fsp3) is 0.414. The molecule has 5 rings (SSSR count). The number of nitrogens with zero attached hydrogens (tertiary/aromatic N) is 4. The first kappa shape index (κ1) is 27.9. The molecule has 2 N–H and O–H groups in total. The van der Waals surface area contributed by atoms with Gasteiger partial charge in [0.2, 0.25) is 0 Å². The van der Waals surface area contributed by atoms with Crippen LogP contribution in [-0.4, -0.2) is 79.5 Å². The number of fused-ring (bicyclic) bond motifs is 3. The van der Waals surface area contributed by atoms with Gasteiger partial charge in [0, 0.05) is 72.9 Å². The van der Waals surface area contributed by atoms with Gasteiger partial charge in [0.05, 0.1) is 37.2 Å². The molecule has 4 heterocycles. The number of carbonyl (C=O) groups excluding carboxylic acids is 1. The number of carbonyl (C=O) groups is 1. The fourth-order valence-electron chi connectivity index (χ4n) is 5.04. The minimum absolute atomic E-state index is 0.134. The summed E-state index contributed by atoms with van der Waals surface area (Å²) in [6.45, 7) is 6.93. The Hall–Kier alpha value is -3.67. The molecule has 2 aromatic heterocycles. The van der Waals surface area contributed by atoms with Gasteiger partial charge in [-0.05, 0) is 37.8 Å². The maximum atomic E-state index is 14.0. The van der Waals surface area contributed by atoms with Crippen LogP contribution < -0.4 is 15.2 Å². The predicted octanol–water partition coefficient (Wildman–Crippen LogP) is 4.16. The molecule has 11 heteroatoms. The summed E-state index contributed by atoms with van der Waals surface area (Å²) in [5, 5.41) is 8.89. The van der Waals surface area contributed by atoms with E-state index in [-0.39, 0.29) is 12.5 Å². The Morgan fingerprint density at radius 1 is 1.32 bits per heavy atom. The van der Waals surface area contributed by atoms with Crippen molar-refractivity contribution in [2.24, 2.45) is 10.7 Å². The van der Waals surface area contributed by atoms with Crippen LogP contribution in [0.25, 0.3) is 22.5 Å². The van der Waals surface area contributed by atoms with E-state index in [1.165, 1.54) is 6.20 Å². The molecule has 3 aromatic rings. The van der Waals surface area contributed by atoms with E-state index in [0.29, 0.717) is 55.7 Å². The van der Waals surface area contributed by atoms with E-state index in [9.17, 15) is 4.79 Å². The molecule has 0 atom stereocenters. The van der Waals surface area contributed by atoms with E-state index in [1.807, 2.05) is 52.4 Å². The quantitative estimate of drug-likeness (QED) is 0.306. The molecule has 0 spiro atoms. The third-order valence-electron chi connectivity index (χ3n) is 7.11. The Kier molecular flexibility index (Phi) is 8.24. The van der Waals surface area contributed by atoms with Crippen LogP contribution in [0, 0.1) is 0 Å². The highest BCUT2D eigenvalue weighted by molar-refractivity contribution is 7.08. The van der Waals surface area contributed by atoms with Crippen LogP contribution in [0.15, 0.2) is 40.2 Å². The molecule has 0 aliphatic carbocycles. The summed E-state index contributed by atoms with van der Waals surface area (Å²) >= 11 is 1.57. The summed E-state index contributed by atoms with van der Waals surface area (Å²) in [6, 6.07) is 5.82. The first-order valence-electron chi connectivity index (χ1n) is 13.2. The summed E-state index contributed by atoms with van der Waals surface area (Å²) in [4.78, 5) is 20.3. The second kappa shape index (κ2) is 11.8. The number of ether oxygens (including phenoxy) is 4. The zero-order valence-corrected chi connectivity index (χ0v) is 24.1. The van der Waals surface area contributed by atoms with E-state index < -0.39 is 5.54 Å². The van der Waals surface area contributed by atoms with Gasteiger partial charge in [0.25, 0.3) is 5.91 Å². The Bertz CT molecular complexity index is 1430. The Morgan fingerprint density at radius 3 is 2.88 bits per heavy atom. The first-order chi connectivity index (χ1) is 19.4. The van der Waals surface area contributed by atoms with Gasteiger partial charge in [0.1, 0.15) is 18.1 Å². The molecule has 2 aliphatic rings. The molecule has 1 aromatic carbocycles. The predicted molar refractivity (Wildman–Crippen MR) is 156 cm³/mol. The second-order valence-corrected chi connectivity index (χ2v) is 11.0. The number of benzene rings is 1. The zero-order valence-electron chi connectivity index (χ0n) is 23.3. The Morgan fingerprint density at radius 2 is 2.17 bits per heavy atom. The molecule has 10 nitrogen and oxygen atoms in total. The molecule has 40 heavy (non-hydrogen) atoms. The van der Waals surface area contributed by atoms with Crippen LogP contribution in [-0.2, 0) is 16.1 Å². The van der Waals surface area contributed by atoms with Gasteiger partial charge in [0.15, 0.2) is 5.69 Å². The molecular weight excluding hydrogens is 530 g/mol. The minimum atomic E-state index is -0.453. The van der Waals surface area contributed by atoms with Crippen LogP contribution in [0.3, 0.4) is 0 Å². The normalized spacial score (nSPS) is 16.5. The van der Waals surface area contributed by atoms with Crippen molar-refractivity contribution in [1.29, 1.82) is 0 Å². The first-order valence-corrected chi connectivity index (χ1v) is 14.1. The highest BCUT2D eigenvalue weighted by atomic mass is 32.1. The largest absolute Gasteiger partial charge is 0.496 e. The van der Waals surface area contributed by atoms with Crippen LogP contribution in [0.5, 0.6) is 11.5 Å². The van der Waals surface area contributed by atoms with Gasteiger partial charge in [-0.25, -0.2) is 4.68 Å². The Balaban J connectivity index is 1.62. The van der Waals surface area contributed by atoms with Crippen LogP contribution in [0.2, 0.25) is 0 Å². The van der Waals surface area contributed by atoms with Gasteiger partial charge in [-0.15, -0.1) is 0 Å². The highest BCUT2D eigenvalue weighted by Crippen LogP contribution is 2.45. The number of thiophene rings is 1. The maximum absolute atomic E-state index is 14.0. The SMILES string of the molecule is COCCCN=CC(=CN)c1cc2c(cc1OC)OCc1c(C(=O)N3CCOCC3(C)C)nn(-c3ccsc3)c1-2.